The summed E-state index contributed by atoms with van der Waals surface area (Å²) in [7, 11) is 1.90. The molecule has 1 unspecified atom stereocenters. The fourth-order valence-electron chi connectivity index (χ4n) is 2.73. The Morgan fingerprint density at radius 2 is 2.11 bits per heavy atom. The van der Waals surface area contributed by atoms with Crippen LogP contribution in [-0.4, -0.2) is 48.6 Å². The highest BCUT2D eigenvalue weighted by molar-refractivity contribution is 5.77. The monoisotopic (exact) mass is 245 g/mol. The molecule has 1 atom stereocenters. The van der Waals surface area contributed by atoms with Gasteiger partial charge >= 0.3 is 6.03 Å². The molecule has 2 amide bonds. The number of carbonyl (C=O) groups excluding carboxylic acids is 1. The SMILES string of the molecule is Cc1cccc(C2CN(C3CNC3)C(=O)N2C)c1. The van der Waals surface area contributed by atoms with Crippen molar-refractivity contribution in [2.24, 2.45) is 0 Å². The molecule has 3 rings (SSSR count). The third kappa shape index (κ3) is 1.77. The number of aryl methyl sites for hydroxylation is 1. The van der Waals surface area contributed by atoms with E-state index >= 15 is 0 Å². The standard InChI is InChI=1S/C14H19N3O/c1-10-4-3-5-11(6-10)13-9-17(12-7-15-8-12)14(18)16(13)2/h3-6,12-13,15H,7-9H2,1-2H3. The third-order valence-electron chi connectivity index (χ3n) is 4.01. The Balaban J connectivity index is 1.83. The van der Waals surface area contributed by atoms with Gasteiger partial charge in [0.2, 0.25) is 0 Å². The van der Waals surface area contributed by atoms with E-state index in [-0.39, 0.29) is 12.1 Å². The van der Waals surface area contributed by atoms with Crippen molar-refractivity contribution in [2.75, 3.05) is 26.7 Å². The summed E-state index contributed by atoms with van der Waals surface area (Å²) in [6.07, 6.45) is 0. The van der Waals surface area contributed by atoms with Crippen LogP contribution in [0.4, 0.5) is 4.79 Å². The average molecular weight is 245 g/mol. The van der Waals surface area contributed by atoms with Crippen molar-refractivity contribution in [1.82, 2.24) is 15.1 Å². The minimum atomic E-state index is 0.160. The number of nitrogens with zero attached hydrogens (tertiary/aromatic N) is 2. The zero-order valence-corrected chi connectivity index (χ0v) is 10.9. The Kier molecular flexibility index (Phi) is 2.74. The van der Waals surface area contributed by atoms with Crippen LogP contribution in [-0.2, 0) is 0 Å². The molecule has 2 heterocycles. The lowest BCUT2D eigenvalue weighted by Gasteiger charge is -2.34. The lowest BCUT2D eigenvalue weighted by Crippen LogP contribution is -2.57. The smallest absolute Gasteiger partial charge is 0.319 e. The molecule has 1 aromatic carbocycles. The van der Waals surface area contributed by atoms with Gasteiger partial charge in [0.25, 0.3) is 0 Å². The van der Waals surface area contributed by atoms with Crippen LogP contribution in [0.3, 0.4) is 0 Å². The number of likely N-dealkylation sites (N-methyl/N-ethyl adjacent to an activating group) is 1. The normalized spacial score (nSPS) is 24.6. The fourth-order valence-corrected chi connectivity index (χ4v) is 2.73. The molecule has 4 heteroatoms. The van der Waals surface area contributed by atoms with E-state index in [0.717, 1.165) is 19.6 Å². The molecule has 2 aliphatic heterocycles. The second-order valence-corrected chi connectivity index (χ2v) is 5.29. The number of amides is 2. The molecule has 0 radical (unpaired) electrons. The van der Waals surface area contributed by atoms with Crippen LogP contribution in [0, 0.1) is 6.92 Å². The first kappa shape index (κ1) is 11.5. The molecule has 0 spiro atoms. The van der Waals surface area contributed by atoms with Gasteiger partial charge in [-0.05, 0) is 12.5 Å². The minimum Gasteiger partial charge on any atom is -0.319 e. The van der Waals surface area contributed by atoms with E-state index < -0.39 is 0 Å². The molecule has 0 aromatic heterocycles. The van der Waals surface area contributed by atoms with E-state index in [1.165, 1.54) is 11.1 Å². The van der Waals surface area contributed by atoms with Crippen molar-refractivity contribution in [3.05, 3.63) is 35.4 Å². The Morgan fingerprint density at radius 1 is 1.33 bits per heavy atom. The summed E-state index contributed by atoms with van der Waals surface area (Å²) >= 11 is 0. The van der Waals surface area contributed by atoms with E-state index in [0.29, 0.717) is 6.04 Å². The molecule has 1 N–H and O–H groups in total. The van der Waals surface area contributed by atoms with Crippen LogP contribution in [0.5, 0.6) is 0 Å². The highest BCUT2D eigenvalue weighted by atomic mass is 16.2. The van der Waals surface area contributed by atoms with Gasteiger partial charge in [0, 0.05) is 26.7 Å². The van der Waals surface area contributed by atoms with Crippen molar-refractivity contribution >= 4 is 6.03 Å². The van der Waals surface area contributed by atoms with Gasteiger partial charge in [-0.15, -0.1) is 0 Å². The molecule has 1 aromatic rings. The van der Waals surface area contributed by atoms with Crippen molar-refractivity contribution in [3.63, 3.8) is 0 Å². The predicted molar refractivity (Wildman–Crippen MR) is 70.4 cm³/mol. The molecular weight excluding hydrogens is 226 g/mol. The molecule has 2 saturated heterocycles. The van der Waals surface area contributed by atoms with Gasteiger partial charge in [0.05, 0.1) is 12.1 Å². The number of rotatable bonds is 2. The van der Waals surface area contributed by atoms with Gasteiger partial charge < -0.3 is 15.1 Å². The van der Waals surface area contributed by atoms with Crippen LogP contribution in [0.25, 0.3) is 0 Å². The van der Waals surface area contributed by atoms with Gasteiger partial charge in [0.1, 0.15) is 0 Å². The molecular formula is C14H19N3O. The summed E-state index contributed by atoms with van der Waals surface area (Å²) in [5.41, 5.74) is 2.48. The number of carbonyl (C=O) groups is 1. The molecule has 0 bridgehead atoms. The quantitative estimate of drug-likeness (QED) is 0.854. The van der Waals surface area contributed by atoms with Gasteiger partial charge in [-0.3, -0.25) is 0 Å². The van der Waals surface area contributed by atoms with E-state index in [9.17, 15) is 4.79 Å². The van der Waals surface area contributed by atoms with E-state index in [1.807, 2.05) is 16.8 Å². The van der Waals surface area contributed by atoms with Crippen molar-refractivity contribution in [1.29, 1.82) is 0 Å². The van der Waals surface area contributed by atoms with Gasteiger partial charge in [-0.25, -0.2) is 4.79 Å². The van der Waals surface area contributed by atoms with Crippen LogP contribution in [0.1, 0.15) is 17.2 Å². The summed E-state index contributed by atoms with van der Waals surface area (Å²) in [4.78, 5) is 16.1. The minimum absolute atomic E-state index is 0.160. The maximum Gasteiger partial charge on any atom is 0.320 e. The molecule has 2 fully saturated rings. The van der Waals surface area contributed by atoms with Gasteiger partial charge in [-0.1, -0.05) is 29.8 Å². The number of hydrogen-bond donors (Lipinski definition) is 1. The van der Waals surface area contributed by atoms with Crippen LogP contribution < -0.4 is 5.32 Å². The Hall–Kier alpha value is -1.55. The van der Waals surface area contributed by atoms with Crippen LogP contribution in [0.2, 0.25) is 0 Å². The summed E-state index contributed by atoms with van der Waals surface area (Å²) in [5, 5.41) is 3.22. The Labute approximate surface area is 108 Å². The van der Waals surface area contributed by atoms with E-state index in [4.69, 9.17) is 0 Å². The highest BCUT2D eigenvalue weighted by Gasteiger charge is 2.40. The highest BCUT2D eigenvalue weighted by Crippen LogP contribution is 2.30. The fraction of sp³-hybridized carbons (Fsp3) is 0.500. The summed E-state index contributed by atoms with van der Waals surface area (Å²) in [6, 6.07) is 9.19. The van der Waals surface area contributed by atoms with Crippen LogP contribution >= 0.6 is 0 Å². The lowest BCUT2D eigenvalue weighted by molar-refractivity contribution is 0.162. The molecule has 0 saturated carbocycles. The predicted octanol–water partition coefficient (Wildman–Crippen LogP) is 1.38. The maximum absolute atomic E-state index is 12.2. The molecule has 96 valence electrons. The van der Waals surface area contributed by atoms with Crippen molar-refractivity contribution < 1.29 is 4.79 Å². The second-order valence-electron chi connectivity index (χ2n) is 5.29. The number of nitrogens with one attached hydrogen (secondary N) is 1. The molecule has 2 aliphatic rings. The number of benzene rings is 1. The third-order valence-corrected chi connectivity index (χ3v) is 4.01. The Bertz CT molecular complexity index is 470. The summed E-state index contributed by atoms with van der Waals surface area (Å²) < 4.78 is 0. The van der Waals surface area contributed by atoms with E-state index in [1.54, 1.807) is 0 Å². The lowest BCUT2D eigenvalue weighted by atomic mass is 10.0. The largest absolute Gasteiger partial charge is 0.320 e. The first-order valence-electron chi connectivity index (χ1n) is 6.47. The Morgan fingerprint density at radius 3 is 2.72 bits per heavy atom. The summed E-state index contributed by atoms with van der Waals surface area (Å²) in [5.74, 6) is 0. The van der Waals surface area contributed by atoms with Crippen molar-refractivity contribution in [2.45, 2.75) is 19.0 Å². The first-order valence-corrected chi connectivity index (χ1v) is 6.47. The molecule has 0 aliphatic carbocycles. The maximum atomic E-state index is 12.2. The molecule has 18 heavy (non-hydrogen) atoms. The summed E-state index contributed by atoms with van der Waals surface area (Å²) in [6.45, 7) is 4.76. The van der Waals surface area contributed by atoms with Gasteiger partial charge in [0.15, 0.2) is 0 Å². The number of urea groups is 1. The zero-order valence-electron chi connectivity index (χ0n) is 10.9. The van der Waals surface area contributed by atoms with Crippen molar-refractivity contribution in [3.8, 4) is 0 Å². The number of hydrogen-bond acceptors (Lipinski definition) is 2. The first-order chi connectivity index (χ1) is 8.66. The average Bonchev–Trinajstić information content (AvgIpc) is 2.56. The van der Waals surface area contributed by atoms with Crippen LogP contribution in [0.15, 0.2) is 24.3 Å². The topological polar surface area (TPSA) is 35.6 Å². The molecule has 4 nitrogen and oxygen atoms in total. The second kappa shape index (κ2) is 4.28. The van der Waals surface area contributed by atoms with Gasteiger partial charge in [-0.2, -0.15) is 0 Å². The zero-order chi connectivity index (χ0) is 12.7. The van der Waals surface area contributed by atoms with E-state index in [2.05, 4.69) is 36.5 Å².